The Morgan fingerprint density at radius 2 is 2.38 bits per heavy atom. The van der Waals surface area contributed by atoms with E-state index in [1.807, 2.05) is 0 Å². The number of halogens is 1. The summed E-state index contributed by atoms with van der Waals surface area (Å²) in [7, 11) is 0. The predicted molar refractivity (Wildman–Crippen MR) is 28.2 cm³/mol. The minimum Gasteiger partial charge on any atom is -0.311 e. The Bertz CT molecular complexity index is 103. The van der Waals surface area contributed by atoms with Crippen LogP contribution >= 0.6 is 0 Å². The van der Waals surface area contributed by atoms with E-state index in [0.717, 1.165) is 6.54 Å². The number of hydrogen-bond acceptors (Lipinski definition) is 2. The first-order valence-electron chi connectivity index (χ1n) is 2.96. The van der Waals surface area contributed by atoms with Crippen molar-refractivity contribution >= 4 is 0 Å². The summed E-state index contributed by atoms with van der Waals surface area (Å²) in [6, 6.07) is 0.411. The molecule has 0 radical (unpaired) electrons. The zero-order valence-electron chi connectivity index (χ0n) is 4.58. The van der Waals surface area contributed by atoms with E-state index in [1.54, 1.807) is 0 Å². The Labute approximate surface area is 47.5 Å². The van der Waals surface area contributed by atoms with Crippen LogP contribution in [0, 0.1) is 0 Å². The summed E-state index contributed by atoms with van der Waals surface area (Å²) in [6.45, 7) is 1.43. The van der Waals surface area contributed by atoms with Crippen LogP contribution in [0.25, 0.3) is 0 Å². The van der Waals surface area contributed by atoms with Crippen molar-refractivity contribution in [1.82, 2.24) is 10.6 Å². The SMILES string of the molecule is FC12CNCC(C1)N2. The van der Waals surface area contributed by atoms with Gasteiger partial charge < -0.3 is 5.32 Å². The van der Waals surface area contributed by atoms with Crippen LogP contribution in [0.2, 0.25) is 0 Å². The number of fused-ring (bicyclic) bond motifs is 2. The Morgan fingerprint density at radius 1 is 1.62 bits per heavy atom. The van der Waals surface area contributed by atoms with Crippen LogP contribution in [0.4, 0.5) is 4.39 Å². The number of piperidine rings is 1. The zero-order valence-corrected chi connectivity index (χ0v) is 4.58. The van der Waals surface area contributed by atoms with E-state index >= 15 is 0 Å². The first kappa shape index (κ1) is 4.70. The quantitative estimate of drug-likeness (QED) is 0.421. The van der Waals surface area contributed by atoms with Gasteiger partial charge in [0, 0.05) is 25.6 Å². The molecule has 0 aromatic heterocycles. The van der Waals surface area contributed by atoms with E-state index in [4.69, 9.17) is 0 Å². The molecule has 3 rings (SSSR count). The summed E-state index contributed by atoms with van der Waals surface area (Å²) >= 11 is 0. The third kappa shape index (κ3) is 0.485. The van der Waals surface area contributed by atoms with Gasteiger partial charge >= 0.3 is 0 Å². The van der Waals surface area contributed by atoms with Crippen LogP contribution in [0.1, 0.15) is 6.42 Å². The van der Waals surface area contributed by atoms with Crippen molar-refractivity contribution in [2.24, 2.45) is 0 Å². The van der Waals surface area contributed by atoms with E-state index < -0.39 is 5.79 Å². The highest BCUT2D eigenvalue weighted by Gasteiger charge is 2.46. The molecule has 2 bridgehead atoms. The van der Waals surface area contributed by atoms with Gasteiger partial charge in [-0.1, -0.05) is 0 Å². The lowest BCUT2D eigenvalue weighted by molar-refractivity contribution is -0.0311. The number of hydrogen-bond donors (Lipinski definition) is 2. The molecule has 0 aromatic carbocycles. The normalized spacial score (nSPS) is 52.9. The summed E-state index contributed by atoms with van der Waals surface area (Å²) < 4.78 is 12.8. The highest BCUT2D eigenvalue weighted by atomic mass is 19.1. The van der Waals surface area contributed by atoms with E-state index in [9.17, 15) is 4.39 Å². The Balaban J connectivity index is 2.06. The van der Waals surface area contributed by atoms with Crippen molar-refractivity contribution in [3.8, 4) is 0 Å². The highest BCUT2D eigenvalue weighted by Crippen LogP contribution is 2.27. The molecule has 2 atom stereocenters. The van der Waals surface area contributed by atoms with Gasteiger partial charge in [-0.2, -0.15) is 0 Å². The lowest BCUT2D eigenvalue weighted by Gasteiger charge is -2.48. The molecule has 3 aliphatic rings. The second kappa shape index (κ2) is 1.22. The summed E-state index contributed by atoms with van der Waals surface area (Å²) in [5.41, 5.74) is 0. The van der Waals surface area contributed by atoms with Gasteiger partial charge in [-0.15, -0.1) is 0 Å². The fourth-order valence-electron chi connectivity index (χ4n) is 1.43. The largest absolute Gasteiger partial charge is 0.311 e. The maximum atomic E-state index is 12.8. The molecular formula is C5H9FN2. The molecule has 3 saturated heterocycles. The van der Waals surface area contributed by atoms with Gasteiger partial charge in [-0.25, -0.2) is 4.39 Å². The Morgan fingerprint density at radius 3 is 2.62 bits per heavy atom. The standard InChI is InChI=1S/C5H9FN2/c6-5-1-4(8-5)2-7-3-5/h4,7-8H,1-3H2. The van der Waals surface area contributed by atoms with E-state index in [-0.39, 0.29) is 0 Å². The molecular weight excluding hydrogens is 107 g/mol. The van der Waals surface area contributed by atoms with E-state index in [1.165, 1.54) is 0 Å². The van der Waals surface area contributed by atoms with Crippen LogP contribution in [0.15, 0.2) is 0 Å². The molecule has 46 valence electrons. The van der Waals surface area contributed by atoms with Crippen LogP contribution < -0.4 is 10.6 Å². The smallest absolute Gasteiger partial charge is 0.175 e. The molecule has 0 aliphatic carbocycles. The van der Waals surface area contributed by atoms with Crippen molar-refractivity contribution in [2.75, 3.05) is 13.1 Å². The molecule has 0 saturated carbocycles. The number of alkyl halides is 1. The molecule has 0 aromatic rings. The molecule has 2 nitrogen and oxygen atoms in total. The predicted octanol–water partition coefficient (Wildman–Crippen LogP) is -0.383. The molecule has 3 heterocycles. The molecule has 3 aliphatic heterocycles. The van der Waals surface area contributed by atoms with Gasteiger partial charge in [0.05, 0.1) is 0 Å². The van der Waals surface area contributed by atoms with Crippen molar-refractivity contribution in [2.45, 2.75) is 18.3 Å². The fraction of sp³-hybridized carbons (Fsp3) is 1.00. The zero-order chi connectivity index (χ0) is 5.61. The second-order valence-corrected chi connectivity index (χ2v) is 2.64. The third-order valence-electron chi connectivity index (χ3n) is 1.83. The lowest BCUT2D eigenvalue weighted by Crippen LogP contribution is -2.72. The first-order valence-corrected chi connectivity index (χ1v) is 2.96. The fourth-order valence-corrected chi connectivity index (χ4v) is 1.43. The van der Waals surface area contributed by atoms with Crippen molar-refractivity contribution in [1.29, 1.82) is 0 Å². The van der Waals surface area contributed by atoms with Gasteiger partial charge in [0.1, 0.15) is 0 Å². The molecule has 2 N–H and O–H groups in total. The number of nitrogens with one attached hydrogen (secondary N) is 2. The summed E-state index contributed by atoms with van der Waals surface area (Å²) in [6.07, 6.45) is 0.708. The number of rotatable bonds is 0. The van der Waals surface area contributed by atoms with Crippen molar-refractivity contribution < 1.29 is 4.39 Å². The molecule has 0 amide bonds. The molecule has 0 spiro atoms. The maximum Gasteiger partial charge on any atom is 0.175 e. The minimum absolute atomic E-state index is 0.411. The average molecular weight is 116 g/mol. The highest BCUT2D eigenvalue weighted by molar-refractivity contribution is 5.02. The number of piperazine rings is 1. The van der Waals surface area contributed by atoms with Gasteiger partial charge in [0.2, 0.25) is 0 Å². The summed E-state index contributed by atoms with van der Waals surface area (Å²) in [4.78, 5) is 0. The minimum atomic E-state index is -1.04. The van der Waals surface area contributed by atoms with Crippen LogP contribution in [0.5, 0.6) is 0 Å². The topological polar surface area (TPSA) is 24.1 Å². The Hall–Kier alpha value is -0.150. The summed E-state index contributed by atoms with van der Waals surface area (Å²) in [5, 5.41) is 5.81. The maximum absolute atomic E-state index is 12.8. The van der Waals surface area contributed by atoms with E-state index in [0.29, 0.717) is 19.0 Å². The van der Waals surface area contributed by atoms with Crippen LogP contribution in [-0.4, -0.2) is 24.9 Å². The average Bonchev–Trinajstić information content (AvgIpc) is 1.63. The Kier molecular flexibility index (Phi) is 0.718. The van der Waals surface area contributed by atoms with Crippen molar-refractivity contribution in [3.05, 3.63) is 0 Å². The third-order valence-corrected chi connectivity index (χ3v) is 1.83. The van der Waals surface area contributed by atoms with Gasteiger partial charge in [0.25, 0.3) is 0 Å². The van der Waals surface area contributed by atoms with Crippen molar-refractivity contribution in [3.63, 3.8) is 0 Å². The van der Waals surface area contributed by atoms with E-state index in [2.05, 4.69) is 10.6 Å². The molecule has 8 heavy (non-hydrogen) atoms. The molecule has 3 heteroatoms. The lowest BCUT2D eigenvalue weighted by atomic mass is 9.90. The van der Waals surface area contributed by atoms with Crippen LogP contribution in [-0.2, 0) is 0 Å². The monoisotopic (exact) mass is 116 g/mol. The summed E-state index contributed by atoms with van der Waals surface area (Å²) in [5.74, 6) is -1.04. The first-order chi connectivity index (χ1) is 3.79. The van der Waals surface area contributed by atoms with Gasteiger partial charge in [0.15, 0.2) is 5.79 Å². The molecule has 2 unspecified atom stereocenters. The van der Waals surface area contributed by atoms with Gasteiger partial charge in [-0.05, 0) is 0 Å². The second-order valence-electron chi connectivity index (χ2n) is 2.64. The van der Waals surface area contributed by atoms with Gasteiger partial charge in [-0.3, -0.25) is 5.32 Å². The van der Waals surface area contributed by atoms with Crippen LogP contribution in [0.3, 0.4) is 0 Å². The molecule has 3 fully saturated rings.